The van der Waals surface area contributed by atoms with E-state index in [1.165, 1.54) is 6.92 Å². The lowest BCUT2D eigenvalue weighted by atomic mass is 10.0. The molecular weight excluding hydrogens is 608 g/mol. The molecule has 2 aliphatic heterocycles. The van der Waals surface area contributed by atoms with Gasteiger partial charge in [-0.3, -0.25) is 28.8 Å². The summed E-state index contributed by atoms with van der Waals surface area (Å²) in [6.45, 7) is 1.17. The van der Waals surface area contributed by atoms with Gasteiger partial charge >= 0.3 is 6.03 Å². The molecule has 8 amide bonds. The highest BCUT2D eigenvalue weighted by Crippen LogP contribution is 2.09. The molecule has 256 valence electrons. The van der Waals surface area contributed by atoms with Crippen molar-refractivity contribution in [1.29, 1.82) is 0 Å². The van der Waals surface area contributed by atoms with E-state index < -0.39 is 90.0 Å². The van der Waals surface area contributed by atoms with Gasteiger partial charge in [-0.05, 0) is 32.7 Å². The molecule has 0 aromatic rings. The second-order valence-corrected chi connectivity index (χ2v) is 10.6. The van der Waals surface area contributed by atoms with Crippen molar-refractivity contribution in [2.75, 3.05) is 26.2 Å². The van der Waals surface area contributed by atoms with E-state index >= 15 is 0 Å². The van der Waals surface area contributed by atoms with Crippen molar-refractivity contribution in [3.63, 3.8) is 0 Å². The molecule has 0 saturated carbocycles. The topological polar surface area (TPSA) is 358 Å². The smallest absolute Gasteiger partial charge is 0.316 e. The number of rotatable bonds is 9. The molecule has 0 spiro atoms. The summed E-state index contributed by atoms with van der Waals surface area (Å²) in [5.74, 6) is -5.07. The fourth-order valence-electron chi connectivity index (χ4n) is 4.27. The Morgan fingerprint density at radius 3 is 2.41 bits per heavy atom. The average Bonchev–Trinajstić information content (AvgIpc) is 3.00. The van der Waals surface area contributed by atoms with Gasteiger partial charge in [0.1, 0.15) is 29.9 Å². The van der Waals surface area contributed by atoms with E-state index in [0.29, 0.717) is 25.9 Å². The molecule has 2 heterocycles. The number of carbonyl (C=O) groups excluding carboxylic acids is 7. The van der Waals surface area contributed by atoms with Crippen LogP contribution >= 0.6 is 0 Å². The minimum atomic E-state index is -1.52. The molecule has 6 atom stereocenters. The summed E-state index contributed by atoms with van der Waals surface area (Å²) in [5, 5.41) is 19.3. The first-order chi connectivity index (χ1) is 21.7. The maximum Gasteiger partial charge on any atom is 0.316 e. The van der Waals surface area contributed by atoms with Crippen LogP contribution in [0.5, 0.6) is 0 Å². The van der Waals surface area contributed by atoms with Crippen molar-refractivity contribution in [3.8, 4) is 0 Å². The Labute approximate surface area is 264 Å². The summed E-state index contributed by atoms with van der Waals surface area (Å²) < 4.78 is 0. The molecule has 46 heavy (non-hydrogen) atoms. The van der Waals surface area contributed by atoms with Gasteiger partial charge in [0.15, 0.2) is 5.96 Å². The van der Waals surface area contributed by atoms with Crippen LogP contribution in [0.4, 0.5) is 4.79 Å². The van der Waals surface area contributed by atoms with Crippen LogP contribution in [-0.2, 0) is 28.8 Å². The van der Waals surface area contributed by atoms with Gasteiger partial charge in [0.25, 0.3) is 5.91 Å². The highest BCUT2D eigenvalue weighted by molar-refractivity contribution is 6.02. The Bertz CT molecular complexity index is 1230. The third-order valence-electron chi connectivity index (χ3n) is 6.81. The van der Waals surface area contributed by atoms with Gasteiger partial charge < -0.3 is 71.2 Å². The number of nitrogens with zero attached hydrogens (tertiary/aromatic N) is 1. The fraction of sp³-hybridized carbons (Fsp3) is 0.600. The fourth-order valence-corrected chi connectivity index (χ4v) is 4.27. The van der Waals surface area contributed by atoms with E-state index in [2.05, 4.69) is 47.5 Å². The van der Waals surface area contributed by atoms with Crippen molar-refractivity contribution in [2.24, 2.45) is 33.7 Å². The van der Waals surface area contributed by atoms with Crippen LogP contribution in [0.3, 0.4) is 0 Å². The number of hydrogen-bond donors (Lipinski definition) is 13. The van der Waals surface area contributed by atoms with E-state index in [1.807, 2.05) is 0 Å². The van der Waals surface area contributed by atoms with E-state index in [0.717, 1.165) is 6.20 Å². The number of amides is 8. The average molecular weight is 653 g/mol. The summed E-state index contributed by atoms with van der Waals surface area (Å²) in [6.07, 6.45) is 2.00. The van der Waals surface area contributed by atoms with Gasteiger partial charge in [-0.25, -0.2) is 9.79 Å². The van der Waals surface area contributed by atoms with E-state index in [-0.39, 0.29) is 25.3 Å². The molecule has 0 bridgehead atoms. The van der Waals surface area contributed by atoms with E-state index in [4.69, 9.17) is 28.7 Å². The van der Waals surface area contributed by atoms with Crippen molar-refractivity contribution >= 4 is 47.4 Å². The van der Waals surface area contributed by atoms with Crippen molar-refractivity contribution < 1.29 is 33.6 Å². The van der Waals surface area contributed by atoms with Crippen LogP contribution in [0, 0.1) is 0 Å². The molecule has 0 aliphatic carbocycles. The largest absolute Gasteiger partial charge is 0.370 e. The Morgan fingerprint density at radius 2 is 1.76 bits per heavy atom. The molecule has 2 aliphatic rings. The van der Waals surface area contributed by atoms with Crippen molar-refractivity contribution in [1.82, 2.24) is 42.5 Å². The molecule has 21 heteroatoms. The van der Waals surface area contributed by atoms with Crippen LogP contribution in [0.25, 0.3) is 0 Å². The molecule has 21 nitrogen and oxygen atoms in total. The van der Waals surface area contributed by atoms with Gasteiger partial charge in [-0.2, -0.15) is 0 Å². The highest BCUT2D eigenvalue weighted by atomic mass is 16.2. The zero-order valence-electron chi connectivity index (χ0n) is 25.4. The summed E-state index contributed by atoms with van der Waals surface area (Å²) in [4.78, 5) is 93.9. The predicted molar refractivity (Wildman–Crippen MR) is 163 cm³/mol. The maximum absolute atomic E-state index is 13.4. The lowest BCUT2D eigenvalue weighted by molar-refractivity contribution is -0.133. The molecule has 1 fully saturated rings. The standard InChI is InChI=1S/C25H44N14O7/c1-11-19(41)36-15(9-32-17(40)7-12(27)3-2-5-26)21(43)37-16(10-34-25(30)46)22(44)39-18(14-4-6-31-24(29)38-14)23(45)33-8-13(28)20(42)35-11/h10-15,18H,2-9,26-28H2,1H3,(H,32,40)(H,33,45)(H,35,42)(H,36,41)(H,37,43)(H,39,44)(H3,29,31,38)(H3,30,34,46)/b16-10-/t11-,12-,13-,14+,15?,18-/m0/s1. The third kappa shape index (κ3) is 12.2. The SMILES string of the molecule is C[C@@H]1NC(=O)[C@@H](N)CNC(=O)[C@H]([C@H]2CCNC(N)=N2)NC(=O)/C(=C/NC(N)=O)NC(=O)C(CNC(=O)C[C@@H](N)CCCN)NC1=O. The first-order valence-corrected chi connectivity index (χ1v) is 14.5. The Morgan fingerprint density at radius 1 is 1.04 bits per heavy atom. The zero-order chi connectivity index (χ0) is 34.4. The Kier molecular flexibility index (Phi) is 14.6. The Balaban J connectivity index is 2.43. The first-order valence-electron chi connectivity index (χ1n) is 14.5. The predicted octanol–water partition coefficient (Wildman–Crippen LogP) is -7.21. The highest BCUT2D eigenvalue weighted by Gasteiger charge is 2.34. The van der Waals surface area contributed by atoms with Gasteiger partial charge in [0.2, 0.25) is 29.5 Å². The Hall–Kier alpha value is -5.02. The van der Waals surface area contributed by atoms with Crippen LogP contribution in [-0.4, -0.2) is 110 Å². The quantitative estimate of drug-likeness (QED) is 0.103. The lowest BCUT2D eigenvalue weighted by Gasteiger charge is -2.29. The molecular formula is C25H44N14O7. The molecule has 1 saturated heterocycles. The van der Waals surface area contributed by atoms with Crippen LogP contribution in [0.2, 0.25) is 0 Å². The zero-order valence-corrected chi connectivity index (χ0v) is 25.4. The third-order valence-corrected chi connectivity index (χ3v) is 6.81. The number of nitrogens with two attached hydrogens (primary N) is 5. The number of guanidine groups is 1. The monoisotopic (exact) mass is 652 g/mol. The van der Waals surface area contributed by atoms with Crippen LogP contribution in [0.15, 0.2) is 16.9 Å². The molecule has 18 N–H and O–H groups in total. The van der Waals surface area contributed by atoms with Gasteiger partial charge in [0.05, 0.1) is 6.04 Å². The number of carbonyl (C=O) groups is 7. The summed E-state index contributed by atoms with van der Waals surface area (Å²) in [7, 11) is 0. The summed E-state index contributed by atoms with van der Waals surface area (Å²) in [6, 6.07) is -7.93. The van der Waals surface area contributed by atoms with E-state index in [9.17, 15) is 33.6 Å². The minimum absolute atomic E-state index is 0.0101. The minimum Gasteiger partial charge on any atom is -0.370 e. The maximum atomic E-state index is 13.4. The van der Waals surface area contributed by atoms with Crippen molar-refractivity contribution in [2.45, 2.75) is 68.9 Å². The number of urea groups is 1. The molecule has 2 rings (SSSR count). The van der Waals surface area contributed by atoms with Gasteiger partial charge in [-0.15, -0.1) is 0 Å². The van der Waals surface area contributed by atoms with E-state index in [1.54, 1.807) is 0 Å². The molecule has 0 aromatic carbocycles. The number of hydrogen-bond acceptors (Lipinski definition) is 13. The normalized spacial score (nSPS) is 26.6. The molecule has 0 radical (unpaired) electrons. The number of aliphatic imine (C=N–C) groups is 1. The first kappa shape index (κ1) is 37.2. The molecule has 0 aromatic heterocycles. The summed E-state index contributed by atoms with van der Waals surface area (Å²) >= 11 is 0. The molecule has 1 unspecified atom stereocenters. The van der Waals surface area contributed by atoms with Crippen LogP contribution in [0.1, 0.15) is 32.6 Å². The second-order valence-electron chi connectivity index (χ2n) is 10.6. The van der Waals surface area contributed by atoms with Crippen molar-refractivity contribution in [3.05, 3.63) is 11.9 Å². The second kappa shape index (κ2) is 18.1. The van der Waals surface area contributed by atoms with Crippen LogP contribution < -0.4 is 71.2 Å². The number of nitrogens with one attached hydrogen (secondary N) is 8. The van der Waals surface area contributed by atoms with Gasteiger partial charge in [0, 0.05) is 38.3 Å². The summed E-state index contributed by atoms with van der Waals surface area (Å²) in [5.41, 5.74) is 27.7. The van der Waals surface area contributed by atoms with Gasteiger partial charge in [-0.1, -0.05) is 0 Å². The number of primary amides is 1. The lowest BCUT2D eigenvalue weighted by Crippen LogP contribution is -2.61.